The molecule has 0 bridgehead atoms. The number of carbonyl (C=O) groups excluding carboxylic acids is 1. The molecule has 42 heavy (non-hydrogen) atoms. The number of carbonyl (C=O) groups is 2. The molecular formula is C34H41N3O5. The Bertz CT molecular complexity index is 1430. The van der Waals surface area contributed by atoms with Crippen LogP contribution in [-0.4, -0.2) is 46.4 Å². The molecule has 0 fully saturated rings. The minimum Gasteiger partial charge on any atom is -0.489 e. The van der Waals surface area contributed by atoms with Crippen LogP contribution in [0.3, 0.4) is 0 Å². The Labute approximate surface area is 247 Å². The van der Waals surface area contributed by atoms with Crippen LogP contribution >= 0.6 is 0 Å². The lowest BCUT2D eigenvalue weighted by atomic mass is 9.99. The molecule has 1 heterocycles. The van der Waals surface area contributed by atoms with Gasteiger partial charge in [-0.25, -0.2) is 4.79 Å². The number of alkyl carbamates (subject to hydrolysis) is 1. The van der Waals surface area contributed by atoms with Crippen LogP contribution in [0, 0.1) is 0 Å². The summed E-state index contributed by atoms with van der Waals surface area (Å²) in [6, 6.07) is 25.5. The third-order valence-electron chi connectivity index (χ3n) is 6.88. The highest BCUT2D eigenvalue weighted by Crippen LogP contribution is 2.21. The molecule has 0 aliphatic carbocycles. The summed E-state index contributed by atoms with van der Waals surface area (Å²) in [6.07, 6.45) is 3.35. The smallest absolute Gasteiger partial charge is 0.407 e. The van der Waals surface area contributed by atoms with Crippen molar-refractivity contribution in [2.45, 2.75) is 70.7 Å². The fourth-order valence-corrected chi connectivity index (χ4v) is 4.90. The standard InChI is InChI=1S/C34H41N3O5/c1-34(2,3)42-33(40)36-22-27(16-13-24-14-17-29(18-15-24)41-23-25-9-5-4-6-10-25)37-28(20-32(38)39)19-26-21-35-31-12-8-7-11-30(26)31/h4-12,14-15,17-18,21,27-28,35,37H,13,16,19-20,22-23H2,1-3H3,(H,36,40)(H,38,39)/t27?,28-/m1/s1. The number of H-pyrrole nitrogens is 1. The van der Waals surface area contributed by atoms with Crippen LogP contribution in [-0.2, 0) is 29.0 Å². The number of aliphatic carboxylic acids is 1. The predicted molar refractivity (Wildman–Crippen MR) is 165 cm³/mol. The highest BCUT2D eigenvalue weighted by Gasteiger charge is 2.22. The van der Waals surface area contributed by atoms with E-state index < -0.39 is 17.7 Å². The highest BCUT2D eigenvalue weighted by molar-refractivity contribution is 5.83. The summed E-state index contributed by atoms with van der Waals surface area (Å²) in [5, 5.41) is 17.2. The fourth-order valence-electron chi connectivity index (χ4n) is 4.90. The number of aromatic amines is 1. The minimum absolute atomic E-state index is 0.0457. The van der Waals surface area contributed by atoms with E-state index in [2.05, 4.69) is 15.6 Å². The summed E-state index contributed by atoms with van der Waals surface area (Å²) in [4.78, 5) is 27.5. The zero-order valence-electron chi connectivity index (χ0n) is 24.6. The van der Waals surface area contributed by atoms with Crippen LogP contribution in [0.4, 0.5) is 4.79 Å². The number of hydrogen-bond donors (Lipinski definition) is 4. The van der Waals surface area contributed by atoms with Gasteiger partial charge in [0.25, 0.3) is 0 Å². The van der Waals surface area contributed by atoms with Gasteiger partial charge < -0.3 is 30.2 Å². The number of amides is 1. The lowest BCUT2D eigenvalue weighted by molar-refractivity contribution is -0.137. The molecule has 2 atom stereocenters. The summed E-state index contributed by atoms with van der Waals surface area (Å²) in [5.41, 5.74) is 3.68. The van der Waals surface area contributed by atoms with Crippen molar-refractivity contribution >= 4 is 23.0 Å². The average molecular weight is 572 g/mol. The largest absolute Gasteiger partial charge is 0.489 e. The second-order valence-corrected chi connectivity index (χ2v) is 11.6. The monoisotopic (exact) mass is 571 g/mol. The van der Waals surface area contributed by atoms with Gasteiger partial charge in [-0.05, 0) is 74.9 Å². The lowest BCUT2D eigenvalue weighted by Gasteiger charge is -2.26. The Morgan fingerprint density at radius 3 is 2.33 bits per heavy atom. The number of rotatable bonds is 14. The van der Waals surface area contributed by atoms with Crippen molar-refractivity contribution in [3.63, 3.8) is 0 Å². The van der Waals surface area contributed by atoms with Crippen molar-refractivity contribution < 1.29 is 24.2 Å². The van der Waals surface area contributed by atoms with Gasteiger partial charge in [-0.15, -0.1) is 0 Å². The van der Waals surface area contributed by atoms with E-state index in [9.17, 15) is 14.7 Å². The molecule has 0 aliphatic heterocycles. The van der Waals surface area contributed by atoms with Gasteiger partial charge in [0.2, 0.25) is 0 Å². The van der Waals surface area contributed by atoms with Crippen molar-refractivity contribution in [3.05, 3.63) is 102 Å². The van der Waals surface area contributed by atoms with Crippen LogP contribution < -0.4 is 15.4 Å². The molecule has 1 aromatic heterocycles. The van der Waals surface area contributed by atoms with Gasteiger partial charge in [-0.1, -0.05) is 60.7 Å². The number of ether oxygens (including phenoxy) is 2. The first-order valence-electron chi connectivity index (χ1n) is 14.4. The number of hydrogen-bond acceptors (Lipinski definition) is 5. The van der Waals surface area contributed by atoms with Gasteiger partial charge in [0.05, 0.1) is 6.42 Å². The van der Waals surface area contributed by atoms with E-state index in [-0.39, 0.29) is 18.5 Å². The first-order valence-corrected chi connectivity index (χ1v) is 14.4. The van der Waals surface area contributed by atoms with Crippen molar-refractivity contribution in [1.29, 1.82) is 0 Å². The number of para-hydroxylation sites is 1. The maximum atomic E-state index is 12.4. The number of carboxylic acids is 1. The maximum absolute atomic E-state index is 12.4. The van der Waals surface area contributed by atoms with E-state index in [0.29, 0.717) is 26.0 Å². The normalized spacial score (nSPS) is 12.9. The molecule has 0 aliphatic rings. The first-order chi connectivity index (χ1) is 20.1. The average Bonchev–Trinajstić information content (AvgIpc) is 3.36. The molecule has 222 valence electrons. The van der Waals surface area contributed by atoms with E-state index in [1.54, 1.807) is 0 Å². The molecule has 0 radical (unpaired) electrons. The Morgan fingerprint density at radius 1 is 0.905 bits per heavy atom. The van der Waals surface area contributed by atoms with E-state index in [0.717, 1.165) is 39.8 Å². The van der Waals surface area contributed by atoms with E-state index >= 15 is 0 Å². The highest BCUT2D eigenvalue weighted by atomic mass is 16.6. The topological polar surface area (TPSA) is 113 Å². The van der Waals surface area contributed by atoms with Crippen LogP contribution in [0.2, 0.25) is 0 Å². The Kier molecular flexibility index (Phi) is 10.6. The van der Waals surface area contributed by atoms with Crippen LogP contribution in [0.15, 0.2) is 85.1 Å². The maximum Gasteiger partial charge on any atom is 0.407 e. The Balaban J connectivity index is 1.41. The molecule has 4 rings (SSSR count). The van der Waals surface area contributed by atoms with Gasteiger partial charge in [0.15, 0.2) is 0 Å². The van der Waals surface area contributed by atoms with Crippen molar-refractivity contribution in [1.82, 2.24) is 15.6 Å². The molecule has 3 aromatic carbocycles. The fraction of sp³-hybridized carbons (Fsp3) is 0.353. The molecule has 4 aromatic rings. The Hall–Kier alpha value is -4.30. The van der Waals surface area contributed by atoms with Crippen molar-refractivity contribution in [2.75, 3.05) is 6.54 Å². The van der Waals surface area contributed by atoms with Crippen LogP contribution in [0.5, 0.6) is 5.75 Å². The number of fused-ring (bicyclic) bond motifs is 1. The van der Waals surface area contributed by atoms with Gasteiger partial charge in [-0.3, -0.25) is 4.79 Å². The lowest BCUT2D eigenvalue weighted by Crippen LogP contribution is -2.48. The second-order valence-electron chi connectivity index (χ2n) is 11.6. The number of aromatic nitrogens is 1. The summed E-state index contributed by atoms with van der Waals surface area (Å²) < 4.78 is 11.3. The quantitative estimate of drug-likeness (QED) is 0.142. The minimum atomic E-state index is -0.878. The molecule has 8 nitrogen and oxygen atoms in total. The number of aryl methyl sites for hydroxylation is 1. The van der Waals surface area contributed by atoms with Crippen molar-refractivity contribution in [2.24, 2.45) is 0 Å². The second kappa shape index (κ2) is 14.5. The molecular weight excluding hydrogens is 530 g/mol. The zero-order valence-corrected chi connectivity index (χ0v) is 24.6. The third kappa shape index (κ3) is 9.96. The van der Waals surface area contributed by atoms with E-state index in [1.807, 2.05) is 106 Å². The van der Waals surface area contributed by atoms with Gasteiger partial charge in [0.1, 0.15) is 18.0 Å². The molecule has 1 unspecified atom stereocenters. The van der Waals surface area contributed by atoms with Crippen LogP contribution in [0.1, 0.15) is 50.3 Å². The number of nitrogens with one attached hydrogen (secondary N) is 3. The summed E-state index contributed by atoms with van der Waals surface area (Å²) in [7, 11) is 0. The van der Waals surface area contributed by atoms with Crippen molar-refractivity contribution in [3.8, 4) is 5.75 Å². The zero-order chi connectivity index (χ0) is 30.0. The van der Waals surface area contributed by atoms with E-state index in [4.69, 9.17) is 9.47 Å². The third-order valence-corrected chi connectivity index (χ3v) is 6.88. The number of benzene rings is 3. The Morgan fingerprint density at radius 2 is 1.62 bits per heavy atom. The van der Waals surface area contributed by atoms with E-state index in [1.165, 1.54) is 0 Å². The molecule has 8 heteroatoms. The molecule has 0 saturated carbocycles. The van der Waals surface area contributed by atoms with Crippen LogP contribution in [0.25, 0.3) is 10.9 Å². The molecule has 1 amide bonds. The molecule has 4 N–H and O–H groups in total. The summed E-state index contributed by atoms with van der Waals surface area (Å²) in [6.45, 7) is 6.26. The van der Waals surface area contributed by atoms with Gasteiger partial charge >= 0.3 is 12.1 Å². The predicted octanol–water partition coefficient (Wildman–Crippen LogP) is 6.25. The first kappa shape index (κ1) is 30.7. The van der Waals surface area contributed by atoms with Gasteiger partial charge in [0, 0.05) is 35.7 Å². The summed E-state index contributed by atoms with van der Waals surface area (Å²) >= 11 is 0. The number of carboxylic acid groups (broad SMARTS) is 1. The SMILES string of the molecule is CC(C)(C)OC(=O)NCC(CCc1ccc(OCc2ccccc2)cc1)N[C@@H](CC(=O)O)Cc1c[nH]c2ccccc12. The molecule has 0 spiro atoms. The molecule has 0 saturated heterocycles. The van der Waals surface area contributed by atoms with Gasteiger partial charge in [-0.2, -0.15) is 0 Å². The summed E-state index contributed by atoms with van der Waals surface area (Å²) in [5.74, 6) is -0.0820.